The molecule has 0 bridgehead atoms. The molecule has 0 spiro atoms. The lowest BCUT2D eigenvalue weighted by Crippen LogP contribution is -1.92. The van der Waals surface area contributed by atoms with Crippen molar-refractivity contribution in [2.45, 2.75) is 0 Å². The largest absolute Gasteiger partial charge is 0.466 e. The van der Waals surface area contributed by atoms with Gasteiger partial charge in [-0.05, 0) is 6.92 Å². The van der Waals surface area contributed by atoms with Crippen LogP contribution >= 0.6 is 0 Å². The predicted octanol–water partition coefficient (Wildman–Crippen LogP) is 0.550. The number of rotatable bonds is 1. The average Bonchev–Trinajstić information content (AvgIpc) is 1.68. The van der Waals surface area contributed by atoms with Crippen LogP contribution < -0.4 is 0 Å². The Hall–Kier alpha value is -0.790. The molecule has 0 aliphatic rings. The highest BCUT2D eigenvalue weighted by atomic mass is 16.5. The van der Waals surface area contributed by atoms with Crippen molar-refractivity contribution in [1.29, 1.82) is 0 Å². The van der Waals surface area contributed by atoms with Gasteiger partial charge in [-0.15, -0.1) is 0 Å². The van der Waals surface area contributed by atoms with Crippen LogP contribution in [0.3, 0.4) is 0 Å². The van der Waals surface area contributed by atoms with Gasteiger partial charge in [0.15, 0.2) is 0 Å². The van der Waals surface area contributed by atoms with E-state index in [0.29, 0.717) is 0 Å². The summed E-state index contributed by atoms with van der Waals surface area (Å²) in [5.74, 6) is -0.366. The van der Waals surface area contributed by atoms with Crippen molar-refractivity contribution < 1.29 is 9.53 Å². The van der Waals surface area contributed by atoms with Crippen LogP contribution in [0.4, 0.5) is 0 Å². The number of hydrogen-bond acceptors (Lipinski definition) is 2. The van der Waals surface area contributed by atoms with Gasteiger partial charge < -0.3 is 4.74 Å². The molecule has 0 aliphatic heterocycles. The van der Waals surface area contributed by atoms with Crippen LogP contribution in [0.2, 0.25) is 0 Å². The zero-order chi connectivity index (χ0) is 5.70. The Morgan fingerprint density at radius 1 is 1.86 bits per heavy atom. The summed E-state index contributed by atoms with van der Waals surface area (Å²) in [6.45, 7) is 3.29. The van der Waals surface area contributed by atoms with Crippen molar-refractivity contribution in [3.63, 3.8) is 0 Å². The molecule has 0 atom stereocenters. The molecule has 0 aromatic carbocycles. The molecule has 0 aromatic heterocycles. The van der Waals surface area contributed by atoms with Gasteiger partial charge in [-0.25, -0.2) is 4.79 Å². The van der Waals surface area contributed by atoms with Gasteiger partial charge in [0.2, 0.25) is 0 Å². The lowest BCUT2D eigenvalue weighted by atomic mass is 10.5. The maximum absolute atomic E-state index is 10.1. The topological polar surface area (TPSA) is 26.3 Å². The molecular weight excluding hydrogens is 92.1 g/mol. The summed E-state index contributed by atoms with van der Waals surface area (Å²) in [5, 5.41) is 0. The van der Waals surface area contributed by atoms with Gasteiger partial charge in [-0.1, -0.05) is 6.08 Å². The maximum atomic E-state index is 10.1. The molecule has 0 saturated carbocycles. The molecule has 0 rings (SSSR count). The van der Waals surface area contributed by atoms with Crippen LogP contribution in [-0.2, 0) is 9.53 Å². The van der Waals surface area contributed by atoms with Gasteiger partial charge in [0.05, 0.1) is 7.11 Å². The highest BCUT2D eigenvalue weighted by Crippen LogP contribution is 1.73. The molecule has 2 heteroatoms. The summed E-state index contributed by atoms with van der Waals surface area (Å²) in [6.07, 6.45) is 2.63. The van der Waals surface area contributed by atoms with Crippen LogP contribution in [0, 0.1) is 6.92 Å². The number of esters is 1. The maximum Gasteiger partial charge on any atom is 0.330 e. The molecule has 0 heterocycles. The Morgan fingerprint density at radius 2 is 2.43 bits per heavy atom. The first kappa shape index (κ1) is 6.21. The number of hydrogen-bond donors (Lipinski definition) is 0. The van der Waals surface area contributed by atoms with Crippen molar-refractivity contribution >= 4 is 5.97 Å². The van der Waals surface area contributed by atoms with Crippen molar-refractivity contribution in [2.24, 2.45) is 0 Å². The second-order valence-corrected chi connectivity index (χ2v) is 0.926. The third-order valence-electron chi connectivity index (χ3n) is 0.455. The fourth-order valence-corrected chi connectivity index (χ4v) is 0.164. The fraction of sp³-hybridized carbons (Fsp3) is 0.200. The summed E-state index contributed by atoms with van der Waals surface area (Å²) < 4.78 is 4.22. The lowest BCUT2D eigenvalue weighted by Gasteiger charge is -1.84. The van der Waals surface area contributed by atoms with Crippen LogP contribution in [0.5, 0.6) is 0 Å². The van der Waals surface area contributed by atoms with Crippen LogP contribution in [0.1, 0.15) is 0 Å². The third-order valence-corrected chi connectivity index (χ3v) is 0.455. The van der Waals surface area contributed by atoms with Crippen molar-refractivity contribution in [2.75, 3.05) is 7.11 Å². The van der Waals surface area contributed by atoms with E-state index in [9.17, 15) is 4.79 Å². The smallest absolute Gasteiger partial charge is 0.330 e. The predicted molar refractivity (Wildman–Crippen MR) is 26.5 cm³/mol. The number of allylic oxidation sites excluding steroid dienone is 1. The molecular formula is C5H7O2. The molecule has 0 aliphatic carbocycles. The fourth-order valence-electron chi connectivity index (χ4n) is 0.164. The SMILES string of the molecule is [CH2]C=CC(=O)OC. The molecule has 39 valence electrons. The van der Waals surface area contributed by atoms with Gasteiger partial charge in [0, 0.05) is 6.08 Å². The van der Waals surface area contributed by atoms with Gasteiger partial charge in [0.25, 0.3) is 0 Å². The second-order valence-electron chi connectivity index (χ2n) is 0.926. The van der Waals surface area contributed by atoms with Crippen LogP contribution in [0.15, 0.2) is 12.2 Å². The Balaban J connectivity index is 3.37. The zero-order valence-corrected chi connectivity index (χ0v) is 4.18. The summed E-state index contributed by atoms with van der Waals surface area (Å²) in [4.78, 5) is 10.1. The van der Waals surface area contributed by atoms with E-state index in [2.05, 4.69) is 11.7 Å². The summed E-state index contributed by atoms with van der Waals surface area (Å²) in [5.41, 5.74) is 0. The van der Waals surface area contributed by atoms with Gasteiger partial charge >= 0.3 is 5.97 Å². The number of carbonyl (C=O) groups excluding carboxylic acids is 1. The Bertz CT molecular complexity index is 84.1. The average molecular weight is 99.1 g/mol. The van der Waals surface area contributed by atoms with Crippen LogP contribution in [-0.4, -0.2) is 13.1 Å². The van der Waals surface area contributed by atoms with E-state index in [-0.39, 0.29) is 5.97 Å². The standard InChI is InChI=1S/C5H7O2/c1-3-4-5(6)7-2/h3-4H,1H2,2H3. The van der Waals surface area contributed by atoms with Gasteiger partial charge in [-0.2, -0.15) is 0 Å². The second kappa shape index (κ2) is 3.40. The summed E-state index contributed by atoms with van der Waals surface area (Å²) in [7, 11) is 1.32. The van der Waals surface area contributed by atoms with E-state index in [1.165, 1.54) is 19.3 Å². The molecule has 0 saturated heterocycles. The minimum Gasteiger partial charge on any atom is -0.466 e. The minimum absolute atomic E-state index is 0.366. The van der Waals surface area contributed by atoms with Gasteiger partial charge in [-0.3, -0.25) is 0 Å². The minimum atomic E-state index is -0.366. The lowest BCUT2D eigenvalue weighted by molar-refractivity contribution is -0.134. The van der Waals surface area contributed by atoms with E-state index in [1.807, 2.05) is 0 Å². The van der Waals surface area contributed by atoms with Crippen LogP contribution in [0.25, 0.3) is 0 Å². The Labute approximate surface area is 42.8 Å². The first-order valence-electron chi connectivity index (χ1n) is 1.85. The first-order valence-corrected chi connectivity index (χ1v) is 1.85. The number of ether oxygens (including phenoxy) is 1. The van der Waals surface area contributed by atoms with Crippen molar-refractivity contribution in [1.82, 2.24) is 0 Å². The molecule has 0 unspecified atom stereocenters. The van der Waals surface area contributed by atoms with E-state index < -0.39 is 0 Å². The molecule has 0 N–H and O–H groups in total. The van der Waals surface area contributed by atoms with Crippen molar-refractivity contribution in [3.05, 3.63) is 19.1 Å². The highest BCUT2D eigenvalue weighted by Gasteiger charge is 1.84. The first-order chi connectivity index (χ1) is 3.31. The van der Waals surface area contributed by atoms with E-state index in [1.54, 1.807) is 0 Å². The normalized spacial score (nSPS) is 9.43. The molecule has 2 nitrogen and oxygen atoms in total. The van der Waals surface area contributed by atoms with E-state index in [0.717, 1.165) is 0 Å². The molecule has 0 fully saturated rings. The molecule has 7 heavy (non-hydrogen) atoms. The van der Waals surface area contributed by atoms with E-state index >= 15 is 0 Å². The summed E-state index contributed by atoms with van der Waals surface area (Å²) in [6, 6.07) is 0. The van der Waals surface area contributed by atoms with Crippen molar-refractivity contribution in [3.8, 4) is 0 Å². The highest BCUT2D eigenvalue weighted by molar-refractivity contribution is 5.81. The number of carbonyl (C=O) groups is 1. The molecule has 0 amide bonds. The monoisotopic (exact) mass is 99.0 g/mol. The van der Waals surface area contributed by atoms with E-state index in [4.69, 9.17) is 0 Å². The summed E-state index contributed by atoms with van der Waals surface area (Å²) >= 11 is 0. The van der Waals surface area contributed by atoms with Gasteiger partial charge in [0.1, 0.15) is 0 Å². The Morgan fingerprint density at radius 3 is 2.57 bits per heavy atom. The molecule has 1 radical (unpaired) electrons. The molecule has 0 aromatic rings. The quantitative estimate of drug-likeness (QED) is 0.354. The number of methoxy groups -OCH3 is 1. The zero-order valence-electron chi connectivity index (χ0n) is 4.18. The Kier molecular flexibility index (Phi) is 3.02. The third kappa shape index (κ3) is 3.03.